The van der Waals surface area contributed by atoms with Crippen LogP contribution in [0.15, 0.2) is 68.7 Å². The first-order valence-corrected chi connectivity index (χ1v) is 10.5. The molecule has 0 amide bonds. The van der Waals surface area contributed by atoms with Crippen LogP contribution in [0.2, 0.25) is 0 Å². The Bertz CT molecular complexity index is 1270. The lowest BCUT2D eigenvalue weighted by Gasteiger charge is -2.07. The molecule has 2 aromatic heterocycles. The molecule has 0 unspecified atom stereocenters. The predicted octanol–water partition coefficient (Wildman–Crippen LogP) is 6.00. The number of hydrogen-bond acceptors (Lipinski definition) is 5. The Morgan fingerprint density at radius 2 is 1.73 bits per heavy atom. The molecule has 0 aliphatic rings. The number of nitrogens with zero attached hydrogens (tertiary/aromatic N) is 3. The summed E-state index contributed by atoms with van der Waals surface area (Å²) in [5.41, 5.74) is 3.01. The Morgan fingerprint density at radius 1 is 0.967 bits per heavy atom. The Hall–Kier alpha value is -2.84. The van der Waals surface area contributed by atoms with Crippen LogP contribution in [0.4, 0.5) is 5.82 Å². The molecule has 2 aromatic carbocycles. The molecular formula is C22H17Br2N3O3. The molecule has 0 aliphatic heterocycles. The highest BCUT2D eigenvalue weighted by atomic mass is 79.9. The highest BCUT2D eigenvalue weighted by Crippen LogP contribution is 2.36. The summed E-state index contributed by atoms with van der Waals surface area (Å²) in [6.45, 7) is 0. The van der Waals surface area contributed by atoms with Gasteiger partial charge in [0.15, 0.2) is 17.3 Å². The molecule has 4 aromatic rings. The fourth-order valence-corrected chi connectivity index (χ4v) is 3.80. The molecular weight excluding hydrogens is 514 g/mol. The molecule has 30 heavy (non-hydrogen) atoms. The molecule has 1 N–H and O–H groups in total. The third-order valence-electron chi connectivity index (χ3n) is 4.53. The van der Waals surface area contributed by atoms with E-state index in [1.165, 1.54) is 7.11 Å². The van der Waals surface area contributed by atoms with E-state index in [0.29, 0.717) is 23.0 Å². The second kappa shape index (κ2) is 8.49. The summed E-state index contributed by atoms with van der Waals surface area (Å²) in [6.07, 6.45) is 3.66. The zero-order chi connectivity index (χ0) is 21.3. The summed E-state index contributed by atoms with van der Waals surface area (Å²) in [5.74, 6) is 1.79. The molecule has 6 nitrogen and oxygen atoms in total. The zero-order valence-corrected chi connectivity index (χ0v) is 19.3. The second-order valence-electron chi connectivity index (χ2n) is 6.39. The van der Waals surface area contributed by atoms with Gasteiger partial charge in [-0.3, -0.25) is 4.40 Å². The number of aliphatic imine (C=N–C) groups is 1. The topological polar surface area (TPSA) is 68.4 Å². The molecule has 0 atom stereocenters. The number of halogens is 2. The normalized spacial score (nSPS) is 11.3. The number of fused-ring (bicyclic) bond motifs is 1. The number of imidazole rings is 1. The van der Waals surface area contributed by atoms with E-state index in [1.54, 1.807) is 31.5 Å². The van der Waals surface area contributed by atoms with Crippen molar-refractivity contribution in [2.75, 3.05) is 14.2 Å². The van der Waals surface area contributed by atoms with Crippen LogP contribution in [0.5, 0.6) is 17.2 Å². The minimum Gasteiger partial charge on any atom is -0.504 e. The van der Waals surface area contributed by atoms with E-state index in [0.717, 1.165) is 25.7 Å². The van der Waals surface area contributed by atoms with Crippen LogP contribution in [-0.4, -0.2) is 34.9 Å². The van der Waals surface area contributed by atoms with Gasteiger partial charge in [0.1, 0.15) is 17.1 Å². The van der Waals surface area contributed by atoms with E-state index in [2.05, 4.69) is 31.9 Å². The average molecular weight is 531 g/mol. The Kier molecular flexibility index (Phi) is 5.78. The minimum atomic E-state index is 0.0664. The van der Waals surface area contributed by atoms with Crippen LogP contribution in [0, 0.1) is 0 Å². The monoisotopic (exact) mass is 529 g/mol. The lowest BCUT2D eigenvalue weighted by atomic mass is 10.1. The summed E-state index contributed by atoms with van der Waals surface area (Å²) < 4.78 is 14.4. The smallest absolute Gasteiger partial charge is 0.165 e. The fourth-order valence-electron chi connectivity index (χ4n) is 3.09. The van der Waals surface area contributed by atoms with Crippen LogP contribution < -0.4 is 9.47 Å². The van der Waals surface area contributed by atoms with Crippen molar-refractivity contribution in [3.05, 3.63) is 69.2 Å². The van der Waals surface area contributed by atoms with Crippen molar-refractivity contribution in [3.8, 4) is 28.5 Å². The van der Waals surface area contributed by atoms with E-state index in [1.807, 2.05) is 40.9 Å². The van der Waals surface area contributed by atoms with Crippen LogP contribution in [0.3, 0.4) is 0 Å². The van der Waals surface area contributed by atoms with Crippen LogP contribution in [-0.2, 0) is 0 Å². The highest BCUT2D eigenvalue weighted by molar-refractivity contribution is 9.10. The van der Waals surface area contributed by atoms with Crippen molar-refractivity contribution >= 4 is 49.5 Å². The molecule has 0 radical (unpaired) electrons. The van der Waals surface area contributed by atoms with Crippen LogP contribution in [0.25, 0.3) is 16.9 Å². The van der Waals surface area contributed by atoms with Gasteiger partial charge >= 0.3 is 0 Å². The third kappa shape index (κ3) is 3.93. The van der Waals surface area contributed by atoms with Gasteiger partial charge in [-0.2, -0.15) is 0 Å². The number of aromatic nitrogens is 2. The molecule has 0 bridgehead atoms. The van der Waals surface area contributed by atoms with Crippen molar-refractivity contribution in [2.45, 2.75) is 0 Å². The van der Waals surface area contributed by atoms with Gasteiger partial charge in [-0.1, -0.05) is 15.9 Å². The molecule has 8 heteroatoms. The molecule has 0 spiro atoms. The Morgan fingerprint density at radius 3 is 2.50 bits per heavy atom. The minimum absolute atomic E-state index is 0.0664. The summed E-state index contributed by atoms with van der Waals surface area (Å²) >= 11 is 7.00. The summed E-state index contributed by atoms with van der Waals surface area (Å²) in [7, 11) is 3.14. The van der Waals surface area contributed by atoms with E-state index in [9.17, 15) is 5.11 Å². The van der Waals surface area contributed by atoms with Crippen molar-refractivity contribution < 1.29 is 14.6 Å². The molecule has 0 aliphatic carbocycles. The lowest BCUT2D eigenvalue weighted by molar-refractivity contribution is 0.373. The number of methoxy groups -OCH3 is 2. The van der Waals surface area contributed by atoms with Crippen LogP contribution in [0.1, 0.15) is 5.56 Å². The molecule has 4 rings (SSSR count). The lowest BCUT2D eigenvalue weighted by Crippen LogP contribution is -1.91. The van der Waals surface area contributed by atoms with Gasteiger partial charge in [-0.25, -0.2) is 9.98 Å². The number of aromatic hydroxyl groups is 1. The standard InChI is InChI=1S/C22H17Br2N3O3/c1-29-18-7-4-15(23)9-14(18)11-25-22-21(13-3-6-17(28)19(10-13)30-2)26-20-8-5-16(24)12-27(20)22/h3-12,28H,1-2H3. The predicted molar refractivity (Wildman–Crippen MR) is 124 cm³/mol. The third-order valence-corrected chi connectivity index (χ3v) is 5.49. The average Bonchev–Trinajstić information content (AvgIpc) is 3.10. The largest absolute Gasteiger partial charge is 0.504 e. The van der Waals surface area contributed by atoms with Crippen molar-refractivity contribution in [3.63, 3.8) is 0 Å². The van der Waals surface area contributed by atoms with Gasteiger partial charge in [-0.15, -0.1) is 0 Å². The molecule has 0 fully saturated rings. The van der Waals surface area contributed by atoms with Crippen LogP contribution >= 0.6 is 31.9 Å². The first-order chi connectivity index (χ1) is 14.5. The fraction of sp³-hybridized carbons (Fsp3) is 0.0909. The Labute approximate surface area is 190 Å². The zero-order valence-electron chi connectivity index (χ0n) is 16.1. The van der Waals surface area contributed by atoms with E-state index < -0.39 is 0 Å². The number of pyridine rings is 1. The summed E-state index contributed by atoms with van der Waals surface area (Å²) in [4.78, 5) is 9.51. The number of benzene rings is 2. The molecule has 0 saturated heterocycles. The van der Waals surface area contributed by atoms with Gasteiger partial charge < -0.3 is 14.6 Å². The molecule has 0 saturated carbocycles. The number of phenols is 1. The van der Waals surface area contributed by atoms with Gasteiger partial charge in [0.05, 0.1) is 14.2 Å². The molecule has 2 heterocycles. The number of hydrogen-bond donors (Lipinski definition) is 1. The van der Waals surface area contributed by atoms with Gasteiger partial charge in [0.2, 0.25) is 0 Å². The van der Waals surface area contributed by atoms with E-state index >= 15 is 0 Å². The van der Waals surface area contributed by atoms with Crippen molar-refractivity contribution in [1.82, 2.24) is 9.38 Å². The quantitative estimate of drug-likeness (QED) is 0.321. The maximum Gasteiger partial charge on any atom is 0.165 e. The number of rotatable bonds is 5. The first-order valence-electron chi connectivity index (χ1n) is 8.92. The first kappa shape index (κ1) is 20.4. The summed E-state index contributed by atoms with van der Waals surface area (Å²) in [6, 6.07) is 14.7. The van der Waals surface area contributed by atoms with Gasteiger partial charge in [-0.05, 0) is 64.5 Å². The summed E-state index contributed by atoms with van der Waals surface area (Å²) in [5, 5.41) is 9.96. The maximum atomic E-state index is 9.96. The maximum absolute atomic E-state index is 9.96. The van der Waals surface area contributed by atoms with E-state index in [-0.39, 0.29) is 5.75 Å². The molecule has 152 valence electrons. The Balaban J connectivity index is 1.91. The van der Waals surface area contributed by atoms with Gasteiger partial charge in [0.25, 0.3) is 0 Å². The van der Waals surface area contributed by atoms with Gasteiger partial charge in [0, 0.05) is 32.5 Å². The van der Waals surface area contributed by atoms with Crippen molar-refractivity contribution in [1.29, 1.82) is 0 Å². The second-order valence-corrected chi connectivity index (χ2v) is 8.22. The SMILES string of the molecule is COc1cc(-c2nc3ccc(Br)cn3c2N=Cc2cc(Br)ccc2OC)ccc1O. The van der Waals surface area contributed by atoms with Crippen molar-refractivity contribution in [2.24, 2.45) is 4.99 Å². The number of ether oxygens (including phenoxy) is 2. The highest BCUT2D eigenvalue weighted by Gasteiger charge is 2.16. The number of phenolic OH excluding ortho intramolecular Hbond substituents is 1. The van der Waals surface area contributed by atoms with E-state index in [4.69, 9.17) is 19.5 Å².